The third-order valence-electron chi connectivity index (χ3n) is 7.38. The van der Waals surface area contributed by atoms with E-state index in [9.17, 15) is 0 Å². The molecule has 3 N–H and O–H groups in total. The molecule has 1 aromatic carbocycles. The van der Waals surface area contributed by atoms with Crippen LogP contribution in [-0.2, 0) is 13.1 Å². The van der Waals surface area contributed by atoms with Crippen molar-refractivity contribution in [2.45, 2.75) is 45.7 Å². The molecule has 0 unspecified atom stereocenters. The van der Waals surface area contributed by atoms with Crippen LogP contribution < -0.4 is 11.1 Å². The van der Waals surface area contributed by atoms with Gasteiger partial charge < -0.3 is 11.1 Å². The van der Waals surface area contributed by atoms with Gasteiger partial charge in [-0.05, 0) is 78.4 Å². The first-order valence-electron chi connectivity index (χ1n) is 12.6. The van der Waals surface area contributed by atoms with Crippen LogP contribution in [0.2, 0.25) is 0 Å². The molecule has 6 aromatic rings. The fourth-order valence-corrected chi connectivity index (χ4v) is 5.21. The number of hydrogen-bond acceptors (Lipinski definition) is 7. The topological polar surface area (TPSA) is 112 Å². The minimum Gasteiger partial charge on any atom is -0.383 e. The maximum Gasteiger partial charge on any atom is 0.233 e. The van der Waals surface area contributed by atoms with Crippen LogP contribution in [0.5, 0.6) is 0 Å². The molecule has 9 heteroatoms. The Labute approximate surface area is 213 Å². The molecule has 0 amide bonds. The van der Waals surface area contributed by atoms with Gasteiger partial charge in [-0.25, -0.2) is 19.9 Å². The summed E-state index contributed by atoms with van der Waals surface area (Å²) in [5.41, 5.74) is 12.8. The van der Waals surface area contributed by atoms with Crippen LogP contribution >= 0.6 is 0 Å². The van der Waals surface area contributed by atoms with E-state index in [1.807, 2.05) is 39.8 Å². The highest BCUT2D eigenvalue weighted by Gasteiger charge is 2.24. The summed E-state index contributed by atoms with van der Waals surface area (Å²) < 4.78 is 3.95. The molecule has 1 saturated carbocycles. The molecule has 0 saturated heterocycles. The Bertz CT molecular complexity index is 1810. The summed E-state index contributed by atoms with van der Waals surface area (Å²) in [5, 5.41) is 11.4. The molecule has 1 aliphatic rings. The normalized spacial score (nSPS) is 13.7. The van der Waals surface area contributed by atoms with Crippen LogP contribution in [0.4, 0.5) is 11.6 Å². The van der Waals surface area contributed by atoms with Gasteiger partial charge in [0.1, 0.15) is 11.6 Å². The summed E-state index contributed by atoms with van der Waals surface area (Å²) in [6.45, 7) is 5.46. The van der Waals surface area contributed by atoms with E-state index >= 15 is 0 Å². The number of aromatic nitrogens is 7. The van der Waals surface area contributed by atoms with E-state index in [0.29, 0.717) is 24.8 Å². The first-order chi connectivity index (χ1) is 18.0. The van der Waals surface area contributed by atoms with Crippen molar-refractivity contribution in [2.75, 3.05) is 11.1 Å². The van der Waals surface area contributed by atoms with E-state index < -0.39 is 0 Å². The van der Waals surface area contributed by atoms with Gasteiger partial charge >= 0.3 is 0 Å². The van der Waals surface area contributed by atoms with Crippen LogP contribution in [0.3, 0.4) is 0 Å². The molecule has 0 radical (unpaired) electrons. The van der Waals surface area contributed by atoms with Crippen LogP contribution in [0, 0.1) is 13.8 Å². The van der Waals surface area contributed by atoms with Crippen molar-refractivity contribution in [3.8, 4) is 0 Å². The summed E-state index contributed by atoms with van der Waals surface area (Å²) in [7, 11) is 0. The third-order valence-corrected chi connectivity index (χ3v) is 7.38. The molecule has 1 fully saturated rings. The van der Waals surface area contributed by atoms with Crippen molar-refractivity contribution in [3.05, 3.63) is 83.3 Å². The van der Waals surface area contributed by atoms with Crippen molar-refractivity contribution in [3.63, 3.8) is 0 Å². The number of nitrogens with zero attached hydrogens (tertiary/aromatic N) is 7. The predicted octanol–water partition coefficient (Wildman–Crippen LogP) is 4.76. The predicted molar refractivity (Wildman–Crippen MR) is 145 cm³/mol. The van der Waals surface area contributed by atoms with E-state index in [4.69, 9.17) is 15.8 Å². The molecular weight excluding hydrogens is 462 g/mol. The zero-order valence-electron chi connectivity index (χ0n) is 20.8. The Kier molecular flexibility index (Phi) is 4.85. The summed E-state index contributed by atoms with van der Waals surface area (Å²) in [5.74, 6) is 2.75. The van der Waals surface area contributed by atoms with Gasteiger partial charge in [-0.15, -0.1) is 0 Å². The molecule has 5 aromatic heterocycles. The Hall–Kier alpha value is -4.53. The first-order valence-corrected chi connectivity index (χ1v) is 12.6. The van der Waals surface area contributed by atoms with Crippen LogP contribution in [0.15, 0.2) is 55.4 Å². The number of nitrogen functional groups attached to an aromatic ring is 1. The maximum absolute atomic E-state index is 6.12. The smallest absolute Gasteiger partial charge is 0.233 e. The number of hydrogen-bond donors (Lipinski definition) is 2. The van der Waals surface area contributed by atoms with Gasteiger partial charge in [-0.3, -0.25) is 9.08 Å². The molecule has 37 heavy (non-hydrogen) atoms. The van der Waals surface area contributed by atoms with E-state index in [0.717, 1.165) is 39.0 Å². The summed E-state index contributed by atoms with van der Waals surface area (Å²) >= 11 is 0. The lowest BCUT2D eigenvalue weighted by Crippen LogP contribution is -2.06. The maximum atomic E-state index is 6.12. The number of nitrogens with two attached hydrogens (primary N) is 1. The number of pyridine rings is 2. The molecule has 184 valence electrons. The quantitative estimate of drug-likeness (QED) is 0.347. The number of anilines is 2. The minimum absolute atomic E-state index is 0.562. The Morgan fingerprint density at radius 3 is 2.73 bits per heavy atom. The molecule has 0 bridgehead atoms. The average molecular weight is 490 g/mol. The van der Waals surface area contributed by atoms with Crippen molar-refractivity contribution in [1.82, 2.24) is 34.1 Å². The number of rotatable bonds is 6. The van der Waals surface area contributed by atoms with Crippen molar-refractivity contribution in [2.24, 2.45) is 0 Å². The Balaban J connectivity index is 1.16. The fourth-order valence-electron chi connectivity index (χ4n) is 5.21. The molecule has 1 aliphatic carbocycles. The van der Waals surface area contributed by atoms with Gasteiger partial charge in [-0.2, -0.15) is 5.10 Å². The molecule has 7 rings (SSSR count). The van der Waals surface area contributed by atoms with Crippen LogP contribution in [0.25, 0.3) is 27.5 Å². The standard InChI is InChI=1S/C28H27N9/c1-16-9-22-21(5-7-30-26(22)29)17(2)23(16)11-32-27-24-15-37(35-25(24)6-8-31-27)14-20-13-36-12-19(18-3-4-18)10-33-28(36)34-20/h5-10,12-13,15,18H,3-4,11,14H2,1-2H3,(H2,29,30)(H,31,32). The van der Waals surface area contributed by atoms with Crippen molar-refractivity contribution >= 4 is 39.1 Å². The molecule has 0 spiro atoms. The second-order valence-electron chi connectivity index (χ2n) is 9.96. The average Bonchev–Trinajstić information content (AvgIpc) is 3.53. The zero-order chi connectivity index (χ0) is 25.1. The lowest BCUT2D eigenvalue weighted by atomic mass is 9.96. The zero-order valence-corrected chi connectivity index (χ0v) is 20.8. The highest BCUT2D eigenvalue weighted by Crippen LogP contribution is 2.39. The highest BCUT2D eigenvalue weighted by molar-refractivity contribution is 5.94. The third kappa shape index (κ3) is 3.83. The molecule has 5 heterocycles. The second-order valence-corrected chi connectivity index (χ2v) is 9.96. The Morgan fingerprint density at radius 1 is 1.00 bits per heavy atom. The first kappa shape index (κ1) is 21.7. The number of fused-ring (bicyclic) bond motifs is 3. The van der Waals surface area contributed by atoms with Crippen molar-refractivity contribution in [1.29, 1.82) is 0 Å². The highest BCUT2D eigenvalue weighted by atomic mass is 15.3. The second kappa shape index (κ2) is 8.26. The lowest BCUT2D eigenvalue weighted by Gasteiger charge is -2.15. The van der Waals surface area contributed by atoms with Gasteiger partial charge in [0.15, 0.2) is 0 Å². The van der Waals surface area contributed by atoms with Crippen LogP contribution in [0.1, 0.15) is 46.7 Å². The number of aryl methyl sites for hydroxylation is 2. The van der Waals surface area contributed by atoms with E-state index in [-0.39, 0.29) is 0 Å². The van der Waals surface area contributed by atoms with Gasteiger partial charge in [-0.1, -0.05) is 0 Å². The Morgan fingerprint density at radius 2 is 1.86 bits per heavy atom. The summed E-state index contributed by atoms with van der Waals surface area (Å²) in [4.78, 5) is 18.1. The number of benzene rings is 1. The fraction of sp³-hybridized carbons (Fsp3) is 0.250. The number of nitrogens with one attached hydrogen (secondary N) is 1. The minimum atomic E-state index is 0.562. The van der Waals surface area contributed by atoms with Gasteiger partial charge in [0.2, 0.25) is 5.78 Å². The van der Waals surface area contributed by atoms with Crippen LogP contribution in [-0.4, -0.2) is 34.1 Å². The molecular formula is C28H27N9. The van der Waals surface area contributed by atoms with Gasteiger partial charge in [0.25, 0.3) is 0 Å². The molecule has 0 atom stereocenters. The largest absolute Gasteiger partial charge is 0.383 e. The monoisotopic (exact) mass is 489 g/mol. The summed E-state index contributed by atoms with van der Waals surface area (Å²) in [6.07, 6.45) is 14.3. The number of imidazole rings is 1. The SMILES string of the molecule is Cc1cc2c(N)nccc2c(C)c1CNc1nccc2nn(Cc3cn4cc(C5CC5)cnc4n3)cc12. The molecule has 0 aliphatic heterocycles. The lowest BCUT2D eigenvalue weighted by molar-refractivity contribution is 0.684. The van der Waals surface area contributed by atoms with E-state index in [1.165, 1.54) is 35.1 Å². The molecule has 9 nitrogen and oxygen atoms in total. The van der Waals surface area contributed by atoms with E-state index in [1.54, 1.807) is 12.4 Å². The van der Waals surface area contributed by atoms with E-state index in [2.05, 4.69) is 46.4 Å². The van der Waals surface area contributed by atoms with Crippen molar-refractivity contribution < 1.29 is 0 Å². The summed E-state index contributed by atoms with van der Waals surface area (Å²) in [6, 6.07) is 6.08. The van der Waals surface area contributed by atoms with Gasteiger partial charge in [0.05, 0.1) is 23.1 Å². The van der Waals surface area contributed by atoms with Gasteiger partial charge in [0, 0.05) is 49.1 Å².